The standard InChI is InChI=1S/C13H10N4O2/c1-8-3-2-4-10(9(8)5-14)16-12-7-15-6-11(17-12)13(18)19/h2-4,6-7H,1H3,(H,16,17)(H,18,19). The molecule has 6 heteroatoms. The third-order valence-electron chi connectivity index (χ3n) is 2.50. The summed E-state index contributed by atoms with van der Waals surface area (Å²) in [5, 5.41) is 20.8. The van der Waals surface area contributed by atoms with E-state index in [4.69, 9.17) is 10.4 Å². The number of nitrogens with zero attached hydrogens (tertiary/aromatic N) is 3. The van der Waals surface area contributed by atoms with Crippen molar-refractivity contribution >= 4 is 17.5 Å². The van der Waals surface area contributed by atoms with E-state index in [0.29, 0.717) is 11.3 Å². The van der Waals surface area contributed by atoms with Crippen LogP contribution in [0.15, 0.2) is 30.6 Å². The van der Waals surface area contributed by atoms with Gasteiger partial charge in [-0.15, -0.1) is 0 Å². The first-order valence-electron chi connectivity index (χ1n) is 5.44. The Labute approximate surface area is 109 Å². The normalized spacial score (nSPS) is 9.68. The molecule has 0 saturated carbocycles. The summed E-state index contributed by atoms with van der Waals surface area (Å²) in [5.41, 5.74) is 1.73. The molecule has 0 aliphatic rings. The second kappa shape index (κ2) is 5.14. The van der Waals surface area contributed by atoms with Crippen LogP contribution in [0.2, 0.25) is 0 Å². The number of carboxylic acid groups (broad SMARTS) is 1. The molecule has 0 amide bonds. The fourth-order valence-corrected chi connectivity index (χ4v) is 1.59. The van der Waals surface area contributed by atoms with Gasteiger partial charge in [0.2, 0.25) is 0 Å². The van der Waals surface area contributed by atoms with Gasteiger partial charge >= 0.3 is 5.97 Å². The lowest BCUT2D eigenvalue weighted by molar-refractivity contribution is 0.0690. The van der Waals surface area contributed by atoms with Crippen molar-refractivity contribution < 1.29 is 9.90 Å². The van der Waals surface area contributed by atoms with Gasteiger partial charge < -0.3 is 10.4 Å². The highest BCUT2D eigenvalue weighted by Crippen LogP contribution is 2.21. The molecule has 0 saturated heterocycles. The highest BCUT2D eigenvalue weighted by molar-refractivity contribution is 5.85. The summed E-state index contributed by atoms with van der Waals surface area (Å²) in [5.74, 6) is -0.872. The summed E-state index contributed by atoms with van der Waals surface area (Å²) >= 11 is 0. The van der Waals surface area contributed by atoms with E-state index in [2.05, 4.69) is 21.4 Å². The van der Waals surface area contributed by atoms with Gasteiger partial charge in [-0.1, -0.05) is 12.1 Å². The van der Waals surface area contributed by atoms with Crippen LogP contribution < -0.4 is 5.32 Å². The quantitative estimate of drug-likeness (QED) is 0.870. The molecule has 0 fully saturated rings. The van der Waals surface area contributed by atoms with Crippen LogP contribution >= 0.6 is 0 Å². The Morgan fingerprint density at radius 3 is 2.89 bits per heavy atom. The fraction of sp³-hybridized carbons (Fsp3) is 0.0769. The highest BCUT2D eigenvalue weighted by Gasteiger charge is 2.09. The van der Waals surface area contributed by atoms with Crippen molar-refractivity contribution in [2.75, 3.05) is 5.32 Å². The molecular formula is C13H10N4O2. The maximum atomic E-state index is 10.8. The van der Waals surface area contributed by atoms with E-state index >= 15 is 0 Å². The lowest BCUT2D eigenvalue weighted by Gasteiger charge is -2.08. The van der Waals surface area contributed by atoms with E-state index in [1.807, 2.05) is 13.0 Å². The van der Waals surface area contributed by atoms with E-state index in [1.165, 1.54) is 6.20 Å². The first kappa shape index (κ1) is 12.5. The minimum absolute atomic E-state index is 0.156. The van der Waals surface area contributed by atoms with Gasteiger partial charge in [-0.05, 0) is 18.6 Å². The maximum absolute atomic E-state index is 10.8. The summed E-state index contributed by atoms with van der Waals surface area (Å²) in [7, 11) is 0. The molecule has 0 radical (unpaired) electrons. The zero-order valence-electron chi connectivity index (χ0n) is 10.1. The topological polar surface area (TPSA) is 98.9 Å². The molecule has 2 N–H and O–H groups in total. The summed E-state index contributed by atoms with van der Waals surface area (Å²) in [6.07, 6.45) is 2.56. The number of aryl methyl sites for hydroxylation is 1. The number of benzene rings is 1. The molecular weight excluding hydrogens is 244 g/mol. The molecule has 0 bridgehead atoms. The molecule has 0 spiro atoms. The van der Waals surface area contributed by atoms with E-state index in [0.717, 1.165) is 11.8 Å². The van der Waals surface area contributed by atoms with E-state index < -0.39 is 5.97 Å². The Kier molecular flexibility index (Phi) is 3.39. The number of hydrogen-bond donors (Lipinski definition) is 2. The molecule has 2 aromatic rings. The summed E-state index contributed by atoms with van der Waals surface area (Å²) in [6, 6.07) is 7.44. The highest BCUT2D eigenvalue weighted by atomic mass is 16.4. The Hall–Kier alpha value is -2.94. The predicted molar refractivity (Wildman–Crippen MR) is 68.2 cm³/mol. The predicted octanol–water partition coefficient (Wildman–Crippen LogP) is 2.10. The molecule has 0 aliphatic heterocycles. The second-order valence-electron chi connectivity index (χ2n) is 3.83. The van der Waals surface area contributed by atoms with Crippen molar-refractivity contribution in [2.24, 2.45) is 0 Å². The number of aromatic nitrogens is 2. The minimum Gasteiger partial charge on any atom is -0.476 e. The number of aromatic carboxylic acids is 1. The Bertz CT molecular complexity index is 677. The molecule has 0 unspecified atom stereocenters. The van der Waals surface area contributed by atoms with Gasteiger partial charge in [0, 0.05) is 0 Å². The molecule has 0 atom stereocenters. The zero-order chi connectivity index (χ0) is 13.8. The minimum atomic E-state index is -1.15. The van der Waals surface area contributed by atoms with Crippen LogP contribution in [0, 0.1) is 18.3 Å². The average Bonchev–Trinajstić information content (AvgIpc) is 2.39. The monoisotopic (exact) mass is 254 g/mol. The molecule has 94 valence electrons. The number of carboxylic acids is 1. The Balaban J connectivity index is 2.37. The molecule has 2 rings (SSSR count). The number of nitrogens with one attached hydrogen (secondary N) is 1. The van der Waals surface area contributed by atoms with Crippen LogP contribution in [0.4, 0.5) is 11.5 Å². The third-order valence-corrected chi connectivity index (χ3v) is 2.50. The number of carbonyl (C=O) groups is 1. The zero-order valence-corrected chi connectivity index (χ0v) is 10.1. The SMILES string of the molecule is Cc1cccc(Nc2cncc(C(=O)O)n2)c1C#N. The van der Waals surface area contributed by atoms with Crippen LogP contribution in [-0.2, 0) is 0 Å². The third kappa shape index (κ3) is 2.66. The smallest absolute Gasteiger partial charge is 0.356 e. The first-order valence-corrected chi connectivity index (χ1v) is 5.44. The van der Waals surface area contributed by atoms with Gasteiger partial charge in [0.15, 0.2) is 5.69 Å². The van der Waals surface area contributed by atoms with Crippen molar-refractivity contribution in [1.29, 1.82) is 5.26 Å². The molecule has 0 aliphatic carbocycles. The second-order valence-corrected chi connectivity index (χ2v) is 3.83. The lowest BCUT2D eigenvalue weighted by Crippen LogP contribution is -2.04. The van der Waals surface area contributed by atoms with E-state index in [-0.39, 0.29) is 11.5 Å². The summed E-state index contributed by atoms with van der Waals surface area (Å²) < 4.78 is 0. The number of anilines is 2. The van der Waals surface area contributed by atoms with E-state index in [1.54, 1.807) is 12.1 Å². The Morgan fingerprint density at radius 1 is 1.42 bits per heavy atom. The largest absolute Gasteiger partial charge is 0.476 e. The van der Waals surface area contributed by atoms with Gasteiger partial charge in [0.05, 0.1) is 23.6 Å². The molecule has 19 heavy (non-hydrogen) atoms. The van der Waals surface area contributed by atoms with Crippen molar-refractivity contribution in [2.45, 2.75) is 6.92 Å². The molecule has 1 aromatic carbocycles. The van der Waals surface area contributed by atoms with Gasteiger partial charge in [0.1, 0.15) is 11.9 Å². The molecule has 1 aromatic heterocycles. The van der Waals surface area contributed by atoms with Gasteiger partial charge in [-0.25, -0.2) is 9.78 Å². The average molecular weight is 254 g/mol. The van der Waals surface area contributed by atoms with Gasteiger partial charge in [-0.2, -0.15) is 5.26 Å². The van der Waals surface area contributed by atoms with Crippen LogP contribution in [0.25, 0.3) is 0 Å². The van der Waals surface area contributed by atoms with Crippen molar-refractivity contribution in [3.8, 4) is 6.07 Å². The van der Waals surface area contributed by atoms with Gasteiger partial charge in [-0.3, -0.25) is 4.98 Å². The van der Waals surface area contributed by atoms with Crippen molar-refractivity contribution in [1.82, 2.24) is 9.97 Å². The number of hydrogen-bond acceptors (Lipinski definition) is 5. The summed E-state index contributed by atoms with van der Waals surface area (Å²) in [6.45, 7) is 1.82. The Morgan fingerprint density at radius 2 is 2.21 bits per heavy atom. The van der Waals surface area contributed by atoms with Crippen LogP contribution in [0.5, 0.6) is 0 Å². The lowest BCUT2D eigenvalue weighted by atomic mass is 10.1. The maximum Gasteiger partial charge on any atom is 0.356 e. The van der Waals surface area contributed by atoms with Crippen LogP contribution in [0.1, 0.15) is 21.6 Å². The fourth-order valence-electron chi connectivity index (χ4n) is 1.59. The van der Waals surface area contributed by atoms with Crippen LogP contribution in [0.3, 0.4) is 0 Å². The van der Waals surface area contributed by atoms with Gasteiger partial charge in [0.25, 0.3) is 0 Å². The van der Waals surface area contributed by atoms with Crippen molar-refractivity contribution in [3.05, 3.63) is 47.4 Å². The molecule has 1 heterocycles. The van der Waals surface area contributed by atoms with Crippen LogP contribution in [-0.4, -0.2) is 21.0 Å². The first-order chi connectivity index (χ1) is 9.11. The van der Waals surface area contributed by atoms with E-state index in [9.17, 15) is 4.79 Å². The molecule has 6 nitrogen and oxygen atoms in total. The number of nitriles is 1. The van der Waals surface area contributed by atoms with Crippen molar-refractivity contribution in [3.63, 3.8) is 0 Å². The number of rotatable bonds is 3. The summed E-state index contributed by atoms with van der Waals surface area (Å²) in [4.78, 5) is 18.5.